The molecule has 0 fully saturated rings. The molecule has 0 saturated carbocycles. The van der Waals surface area contributed by atoms with Crippen molar-refractivity contribution in [3.63, 3.8) is 0 Å². The lowest BCUT2D eigenvalue weighted by Crippen LogP contribution is -2.29. The number of rotatable bonds is 9. The minimum Gasteiger partial charge on any atom is -0.445 e. The number of carbonyl (C=O) groups is 1. The highest BCUT2D eigenvalue weighted by molar-refractivity contribution is 5.67. The largest absolute Gasteiger partial charge is 0.445 e. The van der Waals surface area contributed by atoms with Crippen molar-refractivity contribution in [3.8, 4) is 0 Å². The van der Waals surface area contributed by atoms with Gasteiger partial charge in [-0.15, -0.1) is 0 Å². The second kappa shape index (κ2) is 10.6. The summed E-state index contributed by atoms with van der Waals surface area (Å²) in [6.45, 7) is 0.434. The maximum absolute atomic E-state index is 11.6. The molecule has 1 amide bonds. The summed E-state index contributed by atoms with van der Waals surface area (Å²) in [5.41, 5.74) is 2.44. The second-order valence-corrected chi connectivity index (χ2v) is 6.00. The van der Waals surface area contributed by atoms with E-state index >= 15 is 0 Å². The third-order valence-corrected chi connectivity index (χ3v) is 4.01. The van der Waals surface area contributed by atoms with Gasteiger partial charge in [0.05, 0.1) is 6.10 Å². The van der Waals surface area contributed by atoms with E-state index in [-0.39, 0.29) is 26.2 Å². The number of ether oxygens (including phenoxy) is 1. The Bertz CT molecular complexity index is 660. The van der Waals surface area contributed by atoms with Gasteiger partial charge in [0, 0.05) is 13.2 Å². The van der Waals surface area contributed by atoms with Crippen molar-refractivity contribution in [2.45, 2.75) is 31.7 Å². The van der Waals surface area contributed by atoms with Crippen molar-refractivity contribution in [3.05, 3.63) is 71.3 Å². The van der Waals surface area contributed by atoms with Gasteiger partial charge in [0.15, 0.2) is 0 Å². The maximum atomic E-state index is 11.6. The molecule has 0 spiro atoms. The Morgan fingerprint density at radius 1 is 1.00 bits per heavy atom. The molecule has 2 aromatic rings. The van der Waals surface area contributed by atoms with Crippen LogP contribution in [0.5, 0.6) is 0 Å². The van der Waals surface area contributed by atoms with Crippen LogP contribution in [-0.4, -0.2) is 40.7 Å². The molecule has 0 aliphatic rings. The van der Waals surface area contributed by atoms with Gasteiger partial charge in [-0.05, 0) is 29.5 Å². The molecule has 140 valence electrons. The van der Waals surface area contributed by atoms with E-state index < -0.39 is 18.3 Å². The number of amides is 1. The Labute approximate surface area is 153 Å². The number of carbonyl (C=O) groups excluding carboxylic acids is 1. The molecule has 6 heteroatoms. The average molecular weight is 359 g/mol. The smallest absolute Gasteiger partial charge is 0.407 e. The fourth-order valence-corrected chi connectivity index (χ4v) is 2.49. The molecule has 0 aliphatic carbocycles. The van der Waals surface area contributed by atoms with E-state index in [1.807, 2.05) is 30.3 Å². The topological polar surface area (TPSA) is 99.0 Å². The third-order valence-electron chi connectivity index (χ3n) is 4.01. The van der Waals surface area contributed by atoms with Gasteiger partial charge >= 0.3 is 6.09 Å². The first kappa shape index (κ1) is 19.9. The van der Waals surface area contributed by atoms with Crippen LogP contribution in [-0.2, 0) is 17.8 Å². The quantitative estimate of drug-likeness (QED) is 0.548. The van der Waals surface area contributed by atoms with Crippen molar-refractivity contribution in [2.24, 2.45) is 0 Å². The van der Waals surface area contributed by atoms with Crippen LogP contribution in [0.25, 0.3) is 0 Å². The first-order valence-corrected chi connectivity index (χ1v) is 8.60. The molecule has 2 rings (SSSR count). The number of benzene rings is 2. The number of aliphatic hydroxyl groups is 3. The molecule has 2 atom stereocenters. The number of aliphatic hydroxyl groups excluding tert-OH is 3. The van der Waals surface area contributed by atoms with E-state index in [4.69, 9.17) is 9.84 Å². The summed E-state index contributed by atoms with van der Waals surface area (Å²) in [5, 5.41) is 31.7. The van der Waals surface area contributed by atoms with Gasteiger partial charge in [-0.2, -0.15) is 0 Å². The van der Waals surface area contributed by atoms with Crippen LogP contribution in [0.4, 0.5) is 4.79 Å². The number of hydrogen-bond acceptors (Lipinski definition) is 5. The van der Waals surface area contributed by atoms with Crippen molar-refractivity contribution >= 4 is 6.09 Å². The summed E-state index contributed by atoms with van der Waals surface area (Å²) < 4.78 is 5.08. The van der Waals surface area contributed by atoms with E-state index in [2.05, 4.69) is 5.32 Å². The molecule has 2 unspecified atom stereocenters. The van der Waals surface area contributed by atoms with E-state index in [9.17, 15) is 15.0 Å². The lowest BCUT2D eigenvalue weighted by molar-refractivity contribution is 0.0136. The Morgan fingerprint density at radius 3 is 2.35 bits per heavy atom. The molecule has 0 aromatic heterocycles. The first-order valence-electron chi connectivity index (χ1n) is 8.60. The van der Waals surface area contributed by atoms with Gasteiger partial charge < -0.3 is 25.4 Å². The highest BCUT2D eigenvalue weighted by Gasteiger charge is 2.18. The van der Waals surface area contributed by atoms with Crippen LogP contribution in [0.2, 0.25) is 0 Å². The molecule has 0 saturated heterocycles. The molecule has 4 N–H and O–H groups in total. The Kier molecular flexibility index (Phi) is 8.08. The Balaban J connectivity index is 1.70. The van der Waals surface area contributed by atoms with E-state index in [0.29, 0.717) is 12.0 Å². The van der Waals surface area contributed by atoms with Gasteiger partial charge in [-0.3, -0.25) is 0 Å². The summed E-state index contributed by atoms with van der Waals surface area (Å²) in [7, 11) is 0. The van der Waals surface area contributed by atoms with Crippen molar-refractivity contribution in [1.82, 2.24) is 5.32 Å². The molecule has 0 bridgehead atoms. The minimum absolute atomic E-state index is 0.0660. The Hall–Kier alpha value is -2.41. The summed E-state index contributed by atoms with van der Waals surface area (Å²) in [6, 6.07) is 16.4. The van der Waals surface area contributed by atoms with Gasteiger partial charge in [-0.25, -0.2) is 4.79 Å². The fraction of sp³-hybridized carbons (Fsp3) is 0.350. The summed E-state index contributed by atoms with van der Waals surface area (Å²) in [4.78, 5) is 11.6. The molecule has 0 aliphatic heterocycles. The predicted octanol–water partition coefficient (Wildman–Crippen LogP) is 1.93. The lowest BCUT2D eigenvalue weighted by Gasteiger charge is -2.18. The molecule has 0 heterocycles. The van der Waals surface area contributed by atoms with Gasteiger partial charge in [0.25, 0.3) is 0 Å². The van der Waals surface area contributed by atoms with Crippen LogP contribution in [0.1, 0.15) is 29.2 Å². The zero-order chi connectivity index (χ0) is 18.8. The highest BCUT2D eigenvalue weighted by atomic mass is 16.5. The van der Waals surface area contributed by atoms with Crippen LogP contribution in [0, 0.1) is 0 Å². The van der Waals surface area contributed by atoms with Gasteiger partial charge in [0.2, 0.25) is 0 Å². The predicted molar refractivity (Wildman–Crippen MR) is 97.4 cm³/mol. The summed E-state index contributed by atoms with van der Waals surface area (Å²) in [5.74, 6) is 0. The third kappa shape index (κ3) is 6.48. The van der Waals surface area contributed by atoms with Gasteiger partial charge in [-0.1, -0.05) is 54.6 Å². The standard InChI is InChI=1S/C20H25NO5/c22-13-11-15-6-8-17(9-7-15)19(24)18(23)10-12-21-20(25)26-14-16-4-2-1-3-5-16/h1-9,18-19,22-24H,10-14H2,(H,21,25). The molecule has 26 heavy (non-hydrogen) atoms. The van der Waals surface area contributed by atoms with Crippen molar-refractivity contribution in [2.75, 3.05) is 13.2 Å². The molecule has 2 aromatic carbocycles. The Morgan fingerprint density at radius 2 is 1.69 bits per heavy atom. The highest BCUT2D eigenvalue weighted by Crippen LogP contribution is 2.19. The normalized spacial score (nSPS) is 13.0. The second-order valence-electron chi connectivity index (χ2n) is 6.00. The monoisotopic (exact) mass is 359 g/mol. The zero-order valence-corrected chi connectivity index (χ0v) is 14.5. The van der Waals surface area contributed by atoms with Crippen molar-refractivity contribution < 1.29 is 24.9 Å². The number of nitrogens with one attached hydrogen (secondary N) is 1. The average Bonchev–Trinajstić information content (AvgIpc) is 2.67. The number of alkyl carbamates (subject to hydrolysis) is 1. The lowest BCUT2D eigenvalue weighted by atomic mass is 10.00. The molecular weight excluding hydrogens is 334 g/mol. The van der Waals surface area contributed by atoms with Crippen molar-refractivity contribution in [1.29, 1.82) is 0 Å². The van der Waals surface area contributed by atoms with E-state index in [0.717, 1.165) is 11.1 Å². The number of hydrogen-bond donors (Lipinski definition) is 4. The van der Waals surface area contributed by atoms with Crippen LogP contribution < -0.4 is 5.32 Å². The molecule has 6 nitrogen and oxygen atoms in total. The summed E-state index contributed by atoms with van der Waals surface area (Å²) >= 11 is 0. The summed E-state index contributed by atoms with van der Waals surface area (Å²) in [6.07, 6.45) is -1.87. The maximum Gasteiger partial charge on any atom is 0.407 e. The molecular formula is C20H25NO5. The van der Waals surface area contributed by atoms with Crippen LogP contribution in [0.3, 0.4) is 0 Å². The van der Waals surface area contributed by atoms with E-state index in [1.54, 1.807) is 24.3 Å². The molecule has 0 radical (unpaired) electrons. The SMILES string of the molecule is O=C(NCCC(O)C(O)c1ccc(CCO)cc1)OCc1ccccc1. The van der Waals surface area contributed by atoms with Crippen LogP contribution in [0.15, 0.2) is 54.6 Å². The minimum atomic E-state index is -1.04. The zero-order valence-electron chi connectivity index (χ0n) is 14.5. The van der Waals surface area contributed by atoms with E-state index in [1.165, 1.54) is 0 Å². The van der Waals surface area contributed by atoms with Gasteiger partial charge in [0.1, 0.15) is 12.7 Å². The fourth-order valence-electron chi connectivity index (χ4n) is 2.49. The first-order chi connectivity index (χ1) is 12.6. The van der Waals surface area contributed by atoms with Crippen LogP contribution >= 0.6 is 0 Å².